The molecule has 0 aliphatic carbocycles. The summed E-state index contributed by atoms with van der Waals surface area (Å²) in [6.07, 6.45) is 0. The maximum Gasteiger partial charge on any atom is 0.282 e. The lowest BCUT2D eigenvalue weighted by Gasteiger charge is -2.08. The van der Waals surface area contributed by atoms with E-state index in [9.17, 15) is 12.8 Å². The molecule has 0 unspecified atom stereocenters. The summed E-state index contributed by atoms with van der Waals surface area (Å²) in [5, 5.41) is 0. The second kappa shape index (κ2) is 6.76. The fraction of sp³-hybridized carbons (Fsp3) is 0. The fourth-order valence-corrected chi connectivity index (χ4v) is 3.28. The van der Waals surface area contributed by atoms with Gasteiger partial charge in [0.15, 0.2) is 0 Å². The Morgan fingerprint density at radius 3 is 1.62 bits per heavy atom. The molecule has 0 aliphatic heterocycles. The highest BCUT2D eigenvalue weighted by Crippen LogP contribution is 2.18. The van der Waals surface area contributed by atoms with Crippen LogP contribution < -0.4 is 0 Å². The van der Waals surface area contributed by atoms with Gasteiger partial charge in [0.1, 0.15) is 5.82 Å². The maximum atomic E-state index is 13.0. The average molecular weight is 339 g/mol. The quantitative estimate of drug-likeness (QED) is 0.673. The summed E-state index contributed by atoms with van der Waals surface area (Å²) in [6.45, 7) is 0. The topological polar surface area (TPSA) is 46.5 Å². The Kier molecular flexibility index (Phi) is 4.53. The van der Waals surface area contributed by atoms with Crippen molar-refractivity contribution in [1.29, 1.82) is 0 Å². The first-order valence-electron chi connectivity index (χ1n) is 7.28. The van der Waals surface area contributed by atoms with Gasteiger partial charge in [-0.15, -0.1) is 0 Å². The summed E-state index contributed by atoms with van der Waals surface area (Å²) in [7, 11) is -3.95. The van der Waals surface area contributed by atoms with E-state index in [4.69, 9.17) is 0 Å². The second-order valence-electron chi connectivity index (χ2n) is 5.10. The molecular weight excluding hydrogens is 325 g/mol. The van der Waals surface area contributed by atoms with Gasteiger partial charge in [0.05, 0.1) is 10.6 Å². The van der Waals surface area contributed by atoms with Gasteiger partial charge in [0.2, 0.25) is 0 Å². The van der Waals surface area contributed by atoms with Crippen LogP contribution in [0.4, 0.5) is 4.39 Å². The van der Waals surface area contributed by atoms with Crippen molar-refractivity contribution < 1.29 is 12.8 Å². The molecule has 3 aromatic carbocycles. The molecule has 0 saturated heterocycles. The average Bonchev–Trinajstić information content (AvgIpc) is 2.62. The van der Waals surface area contributed by atoms with E-state index < -0.39 is 15.8 Å². The molecule has 3 rings (SSSR count). The Balaban J connectivity index is 2.15. The molecule has 3 aromatic rings. The van der Waals surface area contributed by atoms with Gasteiger partial charge in [-0.3, -0.25) is 0 Å². The van der Waals surface area contributed by atoms with Crippen LogP contribution in [0.3, 0.4) is 0 Å². The number of hydrogen-bond donors (Lipinski definition) is 0. The summed E-state index contributed by atoms with van der Waals surface area (Å²) in [4.78, 5) is -0.0479. The maximum absolute atomic E-state index is 13.0. The number of halogens is 1. The van der Waals surface area contributed by atoms with Crippen molar-refractivity contribution in [1.82, 2.24) is 0 Å². The first-order valence-corrected chi connectivity index (χ1v) is 8.72. The van der Waals surface area contributed by atoms with Gasteiger partial charge in [-0.1, -0.05) is 60.7 Å². The van der Waals surface area contributed by atoms with E-state index >= 15 is 0 Å². The summed E-state index contributed by atoms with van der Waals surface area (Å²) >= 11 is 0. The van der Waals surface area contributed by atoms with Gasteiger partial charge in [-0.05, 0) is 24.3 Å². The normalized spacial score (nSPS) is 11.0. The number of hydrogen-bond acceptors (Lipinski definition) is 2. The molecule has 0 bridgehead atoms. The molecular formula is C19H14FNO2S. The molecule has 0 atom stereocenters. The Bertz CT molecular complexity index is 910. The van der Waals surface area contributed by atoms with Crippen molar-refractivity contribution in [3.05, 3.63) is 102 Å². The van der Waals surface area contributed by atoms with Crippen LogP contribution in [0.15, 0.2) is 94.2 Å². The van der Waals surface area contributed by atoms with Crippen molar-refractivity contribution in [2.75, 3.05) is 0 Å². The fourth-order valence-electron chi connectivity index (χ4n) is 2.24. The van der Waals surface area contributed by atoms with E-state index in [1.165, 1.54) is 12.1 Å². The van der Waals surface area contributed by atoms with Crippen molar-refractivity contribution in [2.24, 2.45) is 4.40 Å². The first-order chi connectivity index (χ1) is 11.6. The van der Waals surface area contributed by atoms with Crippen LogP contribution in [0.1, 0.15) is 11.1 Å². The van der Waals surface area contributed by atoms with Crippen molar-refractivity contribution in [2.45, 2.75) is 4.90 Å². The van der Waals surface area contributed by atoms with E-state index in [1.54, 1.807) is 24.3 Å². The SMILES string of the molecule is O=S(=O)(N=C(c1ccccc1)c1ccccc1)c1ccc(F)cc1. The Labute approximate surface area is 140 Å². The highest BCUT2D eigenvalue weighted by molar-refractivity contribution is 7.90. The highest BCUT2D eigenvalue weighted by atomic mass is 32.2. The zero-order valence-corrected chi connectivity index (χ0v) is 13.4. The molecule has 0 spiro atoms. The number of benzene rings is 3. The lowest BCUT2D eigenvalue weighted by Crippen LogP contribution is -2.08. The Morgan fingerprint density at radius 1 is 0.708 bits per heavy atom. The molecule has 5 heteroatoms. The predicted molar refractivity (Wildman–Crippen MR) is 92.1 cm³/mol. The third-order valence-electron chi connectivity index (χ3n) is 3.42. The molecule has 0 fully saturated rings. The largest absolute Gasteiger partial charge is 0.282 e. The molecule has 3 nitrogen and oxygen atoms in total. The summed E-state index contributed by atoms with van der Waals surface area (Å²) < 4.78 is 42.2. The minimum Gasteiger partial charge on any atom is -0.207 e. The van der Waals surface area contributed by atoms with Crippen molar-refractivity contribution in [3.8, 4) is 0 Å². The van der Waals surface area contributed by atoms with E-state index in [2.05, 4.69) is 4.40 Å². The smallest absolute Gasteiger partial charge is 0.207 e. The molecule has 0 aliphatic rings. The van der Waals surface area contributed by atoms with E-state index in [1.807, 2.05) is 36.4 Å². The van der Waals surface area contributed by atoms with Crippen LogP contribution in [0.5, 0.6) is 0 Å². The molecule has 0 radical (unpaired) electrons. The number of nitrogens with zero attached hydrogens (tertiary/aromatic N) is 1. The van der Waals surface area contributed by atoms with Gasteiger partial charge in [0.25, 0.3) is 10.0 Å². The first kappa shape index (κ1) is 16.1. The van der Waals surface area contributed by atoms with Crippen LogP contribution in [0.2, 0.25) is 0 Å². The van der Waals surface area contributed by atoms with E-state index in [-0.39, 0.29) is 4.90 Å². The summed E-state index contributed by atoms with van der Waals surface area (Å²) in [5.41, 5.74) is 1.73. The molecule has 0 saturated carbocycles. The zero-order chi connectivity index (χ0) is 17.0. The van der Waals surface area contributed by atoms with Crippen molar-refractivity contribution >= 4 is 15.7 Å². The second-order valence-corrected chi connectivity index (χ2v) is 6.71. The van der Waals surface area contributed by atoms with E-state index in [0.717, 1.165) is 12.1 Å². The summed E-state index contributed by atoms with van der Waals surface area (Å²) in [6, 6.07) is 22.8. The van der Waals surface area contributed by atoms with Crippen LogP contribution >= 0.6 is 0 Å². The number of sulfonamides is 1. The molecule has 0 amide bonds. The van der Waals surface area contributed by atoms with Crippen molar-refractivity contribution in [3.63, 3.8) is 0 Å². The van der Waals surface area contributed by atoms with Gasteiger partial charge in [-0.2, -0.15) is 12.8 Å². The Hall–Kier alpha value is -2.79. The summed E-state index contributed by atoms with van der Waals surface area (Å²) in [5.74, 6) is -0.496. The number of rotatable bonds is 4. The third-order valence-corrected chi connectivity index (χ3v) is 4.71. The molecule has 0 N–H and O–H groups in total. The van der Waals surface area contributed by atoms with Gasteiger partial charge in [-0.25, -0.2) is 4.39 Å². The lowest BCUT2D eigenvalue weighted by molar-refractivity contribution is 0.596. The van der Waals surface area contributed by atoms with Crippen LogP contribution in [0, 0.1) is 5.82 Å². The van der Waals surface area contributed by atoms with Crippen LogP contribution in [-0.2, 0) is 10.0 Å². The molecule has 24 heavy (non-hydrogen) atoms. The lowest BCUT2D eigenvalue weighted by atomic mass is 10.0. The van der Waals surface area contributed by atoms with Gasteiger partial charge < -0.3 is 0 Å². The van der Waals surface area contributed by atoms with Gasteiger partial charge in [0, 0.05) is 11.1 Å². The van der Waals surface area contributed by atoms with Gasteiger partial charge >= 0.3 is 0 Å². The minimum absolute atomic E-state index is 0.0479. The predicted octanol–water partition coefficient (Wildman–Crippen LogP) is 4.05. The standard InChI is InChI=1S/C19H14FNO2S/c20-17-11-13-18(14-12-17)24(22,23)21-19(15-7-3-1-4-8-15)16-9-5-2-6-10-16/h1-14H. The van der Waals surface area contributed by atoms with Crippen LogP contribution in [-0.4, -0.2) is 14.1 Å². The highest BCUT2D eigenvalue weighted by Gasteiger charge is 2.16. The Morgan fingerprint density at radius 2 is 1.17 bits per heavy atom. The molecule has 120 valence electrons. The monoisotopic (exact) mass is 339 g/mol. The molecule has 0 aromatic heterocycles. The minimum atomic E-state index is -3.95. The van der Waals surface area contributed by atoms with E-state index in [0.29, 0.717) is 16.8 Å². The molecule has 0 heterocycles. The van der Waals surface area contributed by atoms with Crippen LogP contribution in [0.25, 0.3) is 0 Å². The third kappa shape index (κ3) is 3.58. The zero-order valence-electron chi connectivity index (χ0n) is 12.6.